The van der Waals surface area contributed by atoms with Crippen LogP contribution in [0.25, 0.3) is 11.5 Å². The van der Waals surface area contributed by atoms with Gasteiger partial charge in [-0.15, -0.1) is 5.10 Å². The van der Waals surface area contributed by atoms with Crippen molar-refractivity contribution in [1.29, 1.82) is 0 Å². The summed E-state index contributed by atoms with van der Waals surface area (Å²) in [6.45, 7) is 1.92. The smallest absolute Gasteiger partial charge is 0.322 e. The molecule has 0 aliphatic rings. The third kappa shape index (κ3) is 2.99. The van der Waals surface area contributed by atoms with E-state index in [-0.39, 0.29) is 17.8 Å². The summed E-state index contributed by atoms with van der Waals surface area (Å²) in [6, 6.07) is 14.4. The molecule has 0 spiro atoms. The van der Waals surface area contributed by atoms with Crippen LogP contribution in [0.2, 0.25) is 5.02 Å². The van der Waals surface area contributed by atoms with Crippen LogP contribution in [0.3, 0.4) is 0 Å². The lowest BCUT2D eigenvalue weighted by Crippen LogP contribution is -2.12. The predicted molar refractivity (Wildman–Crippen MR) is 83.9 cm³/mol. The lowest BCUT2D eigenvalue weighted by molar-refractivity contribution is 0.102. The first-order chi connectivity index (χ1) is 10.6. The second-order valence-corrected chi connectivity index (χ2v) is 5.12. The first-order valence-corrected chi connectivity index (χ1v) is 6.98. The maximum Gasteiger partial charge on any atom is 0.322 e. The van der Waals surface area contributed by atoms with Crippen molar-refractivity contribution in [2.75, 3.05) is 5.32 Å². The summed E-state index contributed by atoms with van der Waals surface area (Å²) in [7, 11) is 0. The van der Waals surface area contributed by atoms with Gasteiger partial charge in [-0.3, -0.25) is 10.1 Å². The lowest BCUT2D eigenvalue weighted by atomic mass is 10.1. The Hall–Kier alpha value is -2.66. The molecule has 2 aromatic carbocycles. The largest absolute Gasteiger partial charge is 0.403 e. The van der Waals surface area contributed by atoms with E-state index < -0.39 is 0 Å². The Morgan fingerprint density at radius 2 is 1.95 bits per heavy atom. The van der Waals surface area contributed by atoms with E-state index in [2.05, 4.69) is 15.5 Å². The van der Waals surface area contributed by atoms with Gasteiger partial charge in [-0.25, -0.2) is 0 Å². The number of nitrogens with one attached hydrogen (secondary N) is 1. The van der Waals surface area contributed by atoms with Crippen LogP contribution in [-0.4, -0.2) is 16.1 Å². The van der Waals surface area contributed by atoms with Gasteiger partial charge in [0.2, 0.25) is 0 Å². The van der Waals surface area contributed by atoms with Crippen LogP contribution in [0.4, 0.5) is 6.01 Å². The van der Waals surface area contributed by atoms with Crippen molar-refractivity contribution in [3.63, 3.8) is 0 Å². The fourth-order valence-corrected chi connectivity index (χ4v) is 2.19. The Balaban J connectivity index is 1.80. The molecule has 110 valence electrons. The highest BCUT2D eigenvalue weighted by molar-refractivity contribution is 6.33. The molecule has 6 heteroatoms. The number of aromatic nitrogens is 2. The average molecular weight is 314 g/mol. The van der Waals surface area contributed by atoms with E-state index in [0.717, 1.165) is 5.56 Å². The number of amides is 1. The van der Waals surface area contributed by atoms with Gasteiger partial charge in [-0.05, 0) is 31.2 Å². The molecule has 1 N–H and O–H groups in total. The maximum atomic E-state index is 12.1. The van der Waals surface area contributed by atoms with E-state index in [9.17, 15) is 4.79 Å². The Labute approximate surface area is 131 Å². The van der Waals surface area contributed by atoms with Crippen molar-refractivity contribution in [2.45, 2.75) is 6.92 Å². The van der Waals surface area contributed by atoms with Crippen LogP contribution in [0.15, 0.2) is 52.9 Å². The molecule has 0 unspecified atom stereocenters. The van der Waals surface area contributed by atoms with E-state index >= 15 is 0 Å². The summed E-state index contributed by atoms with van der Waals surface area (Å²) in [6.07, 6.45) is 0. The van der Waals surface area contributed by atoms with Gasteiger partial charge in [-0.2, -0.15) is 0 Å². The minimum atomic E-state index is -0.307. The number of rotatable bonds is 3. The SMILES string of the molecule is Cc1cccc(C(=O)Nc2nnc(-c3ccccc3Cl)o2)c1. The zero-order valence-corrected chi connectivity index (χ0v) is 12.5. The van der Waals surface area contributed by atoms with Crippen molar-refractivity contribution in [1.82, 2.24) is 10.2 Å². The number of halogens is 1. The molecule has 0 radical (unpaired) electrons. The van der Waals surface area contributed by atoms with E-state index in [0.29, 0.717) is 16.1 Å². The molecule has 5 nitrogen and oxygen atoms in total. The molecule has 1 aromatic heterocycles. The molecule has 0 saturated heterocycles. The number of hydrogen-bond acceptors (Lipinski definition) is 4. The zero-order chi connectivity index (χ0) is 15.5. The van der Waals surface area contributed by atoms with Crippen LogP contribution < -0.4 is 5.32 Å². The lowest BCUT2D eigenvalue weighted by Gasteiger charge is -2.01. The van der Waals surface area contributed by atoms with E-state index in [4.69, 9.17) is 16.0 Å². The zero-order valence-electron chi connectivity index (χ0n) is 11.7. The third-order valence-electron chi connectivity index (χ3n) is 3.03. The Morgan fingerprint density at radius 1 is 1.14 bits per heavy atom. The molecule has 0 aliphatic heterocycles. The van der Waals surface area contributed by atoms with Crippen molar-refractivity contribution in [3.8, 4) is 11.5 Å². The van der Waals surface area contributed by atoms with Crippen LogP contribution in [-0.2, 0) is 0 Å². The van der Waals surface area contributed by atoms with E-state index in [1.165, 1.54) is 0 Å². The number of aryl methyl sites for hydroxylation is 1. The van der Waals surface area contributed by atoms with Gasteiger partial charge in [0.05, 0.1) is 10.6 Å². The van der Waals surface area contributed by atoms with Crippen molar-refractivity contribution in [2.24, 2.45) is 0 Å². The van der Waals surface area contributed by atoms with Gasteiger partial charge in [0, 0.05) is 5.56 Å². The summed E-state index contributed by atoms with van der Waals surface area (Å²) in [5.41, 5.74) is 2.14. The van der Waals surface area contributed by atoms with Crippen LogP contribution in [0, 0.1) is 6.92 Å². The monoisotopic (exact) mass is 313 g/mol. The highest BCUT2D eigenvalue weighted by Gasteiger charge is 2.14. The van der Waals surface area contributed by atoms with Crippen molar-refractivity contribution in [3.05, 3.63) is 64.7 Å². The van der Waals surface area contributed by atoms with Gasteiger partial charge in [-0.1, -0.05) is 46.5 Å². The summed E-state index contributed by atoms with van der Waals surface area (Å²) in [5, 5.41) is 10.8. The molecule has 0 bridgehead atoms. The number of carbonyl (C=O) groups excluding carboxylic acids is 1. The van der Waals surface area contributed by atoms with Gasteiger partial charge in [0.1, 0.15) is 0 Å². The summed E-state index contributed by atoms with van der Waals surface area (Å²) in [4.78, 5) is 12.1. The van der Waals surface area contributed by atoms with Gasteiger partial charge < -0.3 is 4.42 Å². The average Bonchev–Trinajstić information content (AvgIpc) is 2.96. The van der Waals surface area contributed by atoms with Crippen LogP contribution in [0.1, 0.15) is 15.9 Å². The number of hydrogen-bond donors (Lipinski definition) is 1. The first-order valence-electron chi connectivity index (χ1n) is 6.60. The van der Waals surface area contributed by atoms with Gasteiger partial charge >= 0.3 is 6.01 Å². The molecule has 1 heterocycles. The topological polar surface area (TPSA) is 68.0 Å². The number of benzene rings is 2. The van der Waals surface area contributed by atoms with Gasteiger partial charge in [0.15, 0.2) is 0 Å². The second kappa shape index (κ2) is 5.99. The molecular formula is C16H12ClN3O2. The molecule has 1 amide bonds. The quantitative estimate of drug-likeness (QED) is 0.795. The molecule has 3 rings (SSSR count). The Kier molecular flexibility index (Phi) is 3.89. The maximum absolute atomic E-state index is 12.1. The molecule has 0 fully saturated rings. The fourth-order valence-electron chi connectivity index (χ4n) is 1.97. The molecule has 22 heavy (non-hydrogen) atoms. The normalized spacial score (nSPS) is 10.5. The number of anilines is 1. The standard InChI is InChI=1S/C16H12ClN3O2/c1-10-5-4-6-11(9-10)14(21)18-16-20-19-15(22-16)12-7-2-3-8-13(12)17/h2-9H,1H3,(H,18,20,21). The Morgan fingerprint density at radius 3 is 2.73 bits per heavy atom. The van der Waals surface area contributed by atoms with Crippen molar-refractivity contribution >= 4 is 23.5 Å². The molecule has 0 aliphatic carbocycles. The number of nitrogens with zero attached hydrogens (tertiary/aromatic N) is 2. The summed E-state index contributed by atoms with van der Waals surface area (Å²) < 4.78 is 5.43. The van der Waals surface area contributed by atoms with Crippen LogP contribution >= 0.6 is 11.6 Å². The fraction of sp³-hybridized carbons (Fsp3) is 0.0625. The highest BCUT2D eigenvalue weighted by Crippen LogP contribution is 2.27. The third-order valence-corrected chi connectivity index (χ3v) is 3.36. The summed E-state index contributed by atoms with van der Waals surface area (Å²) >= 11 is 6.07. The second-order valence-electron chi connectivity index (χ2n) is 4.72. The minimum absolute atomic E-state index is 0.0291. The van der Waals surface area contributed by atoms with Crippen molar-refractivity contribution < 1.29 is 9.21 Å². The summed E-state index contributed by atoms with van der Waals surface area (Å²) in [5.74, 6) is -0.0526. The molecule has 0 atom stereocenters. The molecular weight excluding hydrogens is 302 g/mol. The van der Waals surface area contributed by atoms with Crippen LogP contribution in [0.5, 0.6) is 0 Å². The predicted octanol–water partition coefficient (Wildman–Crippen LogP) is 3.95. The number of carbonyl (C=O) groups is 1. The highest BCUT2D eigenvalue weighted by atomic mass is 35.5. The Bertz CT molecular complexity index is 830. The van der Waals surface area contributed by atoms with E-state index in [1.54, 1.807) is 24.3 Å². The van der Waals surface area contributed by atoms with E-state index in [1.807, 2.05) is 31.2 Å². The molecule has 0 saturated carbocycles. The first kappa shape index (κ1) is 14.3. The minimum Gasteiger partial charge on any atom is -0.403 e. The van der Waals surface area contributed by atoms with Gasteiger partial charge in [0.25, 0.3) is 11.8 Å². The molecule has 3 aromatic rings.